The van der Waals surface area contributed by atoms with Gasteiger partial charge in [0, 0.05) is 5.56 Å². The molecule has 0 heterocycles. The number of rotatable bonds is 3. The van der Waals surface area contributed by atoms with Gasteiger partial charge in [0.2, 0.25) is 0 Å². The van der Waals surface area contributed by atoms with E-state index >= 15 is 0 Å². The topological polar surface area (TPSA) is 69.6 Å². The lowest BCUT2D eigenvalue weighted by atomic mass is 10.1. The zero-order valence-corrected chi connectivity index (χ0v) is 10.8. The fourth-order valence-electron chi connectivity index (χ4n) is 1.78. The molecule has 2 rings (SSSR count). The third-order valence-electron chi connectivity index (χ3n) is 2.96. The highest BCUT2D eigenvalue weighted by Gasteiger charge is 2.13. The second-order valence-corrected chi connectivity index (χ2v) is 4.45. The van der Waals surface area contributed by atoms with Gasteiger partial charge >= 0.3 is 0 Å². The van der Waals surface area contributed by atoms with Crippen LogP contribution < -0.4 is 5.32 Å². The summed E-state index contributed by atoms with van der Waals surface area (Å²) in [6.07, 6.45) is 0. The van der Waals surface area contributed by atoms with Crippen LogP contribution in [0.1, 0.15) is 28.9 Å². The van der Waals surface area contributed by atoms with Crippen LogP contribution in [0.15, 0.2) is 42.5 Å². The predicted octanol–water partition coefficient (Wildman–Crippen LogP) is 2.73. The van der Waals surface area contributed by atoms with Gasteiger partial charge in [-0.15, -0.1) is 0 Å². The van der Waals surface area contributed by atoms with Crippen LogP contribution in [-0.2, 0) is 0 Å². The maximum atomic E-state index is 12.8. The van der Waals surface area contributed by atoms with Crippen LogP contribution in [0.3, 0.4) is 0 Å². The molecule has 4 nitrogen and oxygen atoms in total. The van der Waals surface area contributed by atoms with Gasteiger partial charge in [0.05, 0.1) is 6.04 Å². The number of phenols is 2. The molecular formula is C15H14FNO3. The molecule has 2 aromatic carbocycles. The number of carbonyl (C=O) groups excluding carboxylic acids is 1. The number of carbonyl (C=O) groups is 1. The summed E-state index contributed by atoms with van der Waals surface area (Å²) in [5.74, 6) is -1.37. The Labute approximate surface area is 115 Å². The molecule has 20 heavy (non-hydrogen) atoms. The van der Waals surface area contributed by atoms with Crippen LogP contribution in [0.4, 0.5) is 4.39 Å². The fraction of sp³-hybridized carbons (Fsp3) is 0.133. The number of aromatic hydroxyl groups is 2. The lowest BCUT2D eigenvalue weighted by molar-refractivity contribution is 0.0939. The second-order valence-electron chi connectivity index (χ2n) is 4.45. The van der Waals surface area contributed by atoms with E-state index in [1.807, 2.05) is 0 Å². The first kappa shape index (κ1) is 13.9. The molecule has 0 saturated carbocycles. The summed E-state index contributed by atoms with van der Waals surface area (Å²) in [5, 5.41) is 21.3. The van der Waals surface area contributed by atoms with E-state index in [-0.39, 0.29) is 28.9 Å². The van der Waals surface area contributed by atoms with Gasteiger partial charge in [-0.2, -0.15) is 0 Å². The monoisotopic (exact) mass is 275 g/mol. The molecule has 1 amide bonds. The normalized spacial score (nSPS) is 11.9. The number of halogens is 1. The molecule has 2 aromatic rings. The Morgan fingerprint density at radius 1 is 1.10 bits per heavy atom. The van der Waals surface area contributed by atoms with Crippen molar-refractivity contribution in [3.63, 3.8) is 0 Å². The van der Waals surface area contributed by atoms with Gasteiger partial charge in [0.1, 0.15) is 5.82 Å². The average Bonchev–Trinajstić information content (AvgIpc) is 2.42. The Kier molecular flexibility index (Phi) is 3.89. The van der Waals surface area contributed by atoms with Crippen LogP contribution in [0.5, 0.6) is 11.5 Å². The minimum Gasteiger partial charge on any atom is -0.504 e. The molecule has 5 heteroatoms. The number of hydrogen-bond donors (Lipinski definition) is 3. The van der Waals surface area contributed by atoms with Crippen LogP contribution in [0.25, 0.3) is 0 Å². The first-order chi connectivity index (χ1) is 9.47. The minimum absolute atomic E-state index is 0.231. The second kappa shape index (κ2) is 5.61. The van der Waals surface area contributed by atoms with Gasteiger partial charge in [0.15, 0.2) is 11.5 Å². The van der Waals surface area contributed by atoms with E-state index in [0.717, 1.165) is 5.56 Å². The van der Waals surface area contributed by atoms with Crippen LogP contribution in [-0.4, -0.2) is 16.1 Å². The van der Waals surface area contributed by atoms with Crippen molar-refractivity contribution in [2.45, 2.75) is 13.0 Å². The molecule has 0 aliphatic carbocycles. The Bertz CT molecular complexity index is 626. The molecule has 104 valence electrons. The molecule has 0 aliphatic heterocycles. The summed E-state index contributed by atoms with van der Waals surface area (Å²) >= 11 is 0. The summed E-state index contributed by atoms with van der Waals surface area (Å²) < 4.78 is 12.8. The summed E-state index contributed by atoms with van der Waals surface area (Å²) in [7, 11) is 0. The van der Waals surface area contributed by atoms with Crippen molar-refractivity contribution in [1.29, 1.82) is 0 Å². The molecule has 0 saturated heterocycles. The van der Waals surface area contributed by atoms with E-state index < -0.39 is 5.91 Å². The van der Waals surface area contributed by atoms with Crippen molar-refractivity contribution in [1.82, 2.24) is 5.32 Å². The highest BCUT2D eigenvalue weighted by Crippen LogP contribution is 2.25. The Hall–Kier alpha value is -2.56. The summed E-state index contributed by atoms with van der Waals surface area (Å²) in [6, 6.07) is 9.35. The average molecular weight is 275 g/mol. The van der Waals surface area contributed by atoms with Crippen molar-refractivity contribution in [3.8, 4) is 11.5 Å². The molecule has 0 aromatic heterocycles. The quantitative estimate of drug-likeness (QED) is 0.754. The van der Waals surface area contributed by atoms with Crippen molar-refractivity contribution in [2.75, 3.05) is 0 Å². The number of phenolic OH excluding ortho intramolecular Hbond substituents is 2. The third-order valence-corrected chi connectivity index (χ3v) is 2.96. The highest BCUT2D eigenvalue weighted by atomic mass is 19.1. The van der Waals surface area contributed by atoms with Crippen molar-refractivity contribution in [2.24, 2.45) is 0 Å². The standard InChI is InChI=1S/C15H14FNO3/c1-9(10-2-5-12(16)6-3-10)17-15(20)11-4-7-13(18)14(19)8-11/h2-9,18-19H,1H3,(H,17,20). The minimum atomic E-state index is -0.392. The SMILES string of the molecule is CC(NC(=O)c1ccc(O)c(O)c1)c1ccc(F)cc1. The van der Waals surface area contributed by atoms with E-state index in [4.69, 9.17) is 0 Å². The molecule has 0 bridgehead atoms. The van der Waals surface area contributed by atoms with E-state index in [1.54, 1.807) is 19.1 Å². The highest BCUT2D eigenvalue weighted by molar-refractivity contribution is 5.95. The summed E-state index contributed by atoms with van der Waals surface area (Å²) in [6.45, 7) is 1.77. The largest absolute Gasteiger partial charge is 0.504 e. The van der Waals surface area contributed by atoms with Crippen molar-refractivity contribution < 1.29 is 19.4 Å². The zero-order chi connectivity index (χ0) is 14.7. The van der Waals surface area contributed by atoms with Gasteiger partial charge < -0.3 is 15.5 Å². The molecular weight excluding hydrogens is 261 g/mol. The van der Waals surface area contributed by atoms with E-state index in [0.29, 0.717) is 0 Å². The fourth-order valence-corrected chi connectivity index (χ4v) is 1.78. The Morgan fingerprint density at radius 2 is 1.75 bits per heavy atom. The lowest BCUT2D eigenvalue weighted by Crippen LogP contribution is -2.26. The molecule has 0 spiro atoms. The van der Waals surface area contributed by atoms with Gasteiger partial charge in [-0.3, -0.25) is 4.79 Å². The van der Waals surface area contributed by atoms with Crippen LogP contribution in [0.2, 0.25) is 0 Å². The third kappa shape index (κ3) is 3.06. The number of amides is 1. The maximum Gasteiger partial charge on any atom is 0.251 e. The maximum absolute atomic E-state index is 12.8. The predicted molar refractivity (Wildman–Crippen MR) is 72.1 cm³/mol. The summed E-state index contributed by atoms with van der Waals surface area (Å²) in [5.41, 5.74) is 0.997. The summed E-state index contributed by atoms with van der Waals surface area (Å²) in [4.78, 5) is 12.0. The zero-order valence-electron chi connectivity index (χ0n) is 10.8. The first-order valence-electron chi connectivity index (χ1n) is 6.05. The van der Waals surface area contributed by atoms with Crippen molar-refractivity contribution >= 4 is 5.91 Å². The van der Waals surface area contributed by atoms with E-state index in [2.05, 4.69) is 5.32 Å². The molecule has 1 unspecified atom stereocenters. The molecule has 0 fully saturated rings. The van der Waals surface area contributed by atoms with E-state index in [1.165, 1.54) is 30.3 Å². The van der Waals surface area contributed by atoms with Crippen molar-refractivity contribution in [3.05, 3.63) is 59.4 Å². The van der Waals surface area contributed by atoms with Gasteiger partial charge in [0.25, 0.3) is 5.91 Å². The van der Waals surface area contributed by atoms with Crippen LogP contribution in [0, 0.1) is 5.82 Å². The molecule has 0 aliphatic rings. The number of nitrogens with one attached hydrogen (secondary N) is 1. The van der Waals surface area contributed by atoms with Crippen LogP contribution >= 0.6 is 0 Å². The Morgan fingerprint density at radius 3 is 2.35 bits per heavy atom. The smallest absolute Gasteiger partial charge is 0.251 e. The number of hydrogen-bond acceptors (Lipinski definition) is 3. The van der Waals surface area contributed by atoms with Gasteiger partial charge in [-0.05, 0) is 42.8 Å². The Balaban J connectivity index is 2.10. The van der Waals surface area contributed by atoms with E-state index in [9.17, 15) is 19.4 Å². The van der Waals surface area contributed by atoms with Gasteiger partial charge in [-0.25, -0.2) is 4.39 Å². The number of benzene rings is 2. The first-order valence-corrected chi connectivity index (χ1v) is 6.05. The van der Waals surface area contributed by atoms with Gasteiger partial charge in [-0.1, -0.05) is 12.1 Å². The molecule has 1 atom stereocenters. The lowest BCUT2D eigenvalue weighted by Gasteiger charge is -2.14. The molecule has 3 N–H and O–H groups in total. The molecule has 0 radical (unpaired) electrons.